The third-order valence-corrected chi connectivity index (χ3v) is 6.71. The van der Waals surface area contributed by atoms with E-state index in [1.54, 1.807) is 36.4 Å². The largest absolute Gasteiger partial charge is 0.384 e. The third kappa shape index (κ3) is 5.56. The van der Waals surface area contributed by atoms with Gasteiger partial charge in [0.15, 0.2) is 0 Å². The lowest BCUT2D eigenvalue weighted by molar-refractivity contribution is -0.156. The van der Waals surface area contributed by atoms with Crippen molar-refractivity contribution in [3.8, 4) is 0 Å². The highest BCUT2D eigenvalue weighted by molar-refractivity contribution is 6.30. The molecule has 1 saturated heterocycles. The molecule has 192 valence electrons. The van der Waals surface area contributed by atoms with Gasteiger partial charge in [-0.3, -0.25) is 14.5 Å². The van der Waals surface area contributed by atoms with Crippen molar-refractivity contribution in [3.05, 3.63) is 88.8 Å². The minimum atomic E-state index is -1.09. The number of nitrogen functional groups attached to an aromatic ring is 1. The summed E-state index contributed by atoms with van der Waals surface area (Å²) in [6.07, 6.45) is 2.24. The van der Waals surface area contributed by atoms with E-state index in [0.29, 0.717) is 22.7 Å². The standard InChI is InChI=1S/C27H27ClFN5O3/c1-3-22(17-6-4-7-18(28)14-17)32-27(37)34-24(26(36)33(2)20-9-5-8-19(29)15-20)21(25(34)35)12-16-10-11-31-23(30)13-16/h4-11,13-15,21-22,24H,3,12H2,1-2H3,(H2,30,31)(H,32,37)/t21-,22-,24+/m1/s1. The van der Waals surface area contributed by atoms with Gasteiger partial charge >= 0.3 is 6.03 Å². The molecule has 37 heavy (non-hydrogen) atoms. The zero-order valence-corrected chi connectivity index (χ0v) is 21.2. The van der Waals surface area contributed by atoms with E-state index < -0.39 is 41.7 Å². The molecule has 3 N–H and O–H groups in total. The van der Waals surface area contributed by atoms with Crippen molar-refractivity contribution in [2.75, 3.05) is 17.7 Å². The molecule has 1 fully saturated rings. The van der Waals surface area contributed by atoms with Gasteiger partial charge in [-0.25, -0.2) is 14.2 Å². The van der Waals surface area contributed by atoms with E-state index in [-0.39, 0.29) is 12.2 Å². The van der Waals surface area contributed by atoms with Gasteiger partial charge in [0.25, 0.3) is 5.91 Å². The minimum Gasteiger partial charge on any atom is -0.384 e. The molecular formula is C27H27ClFN5O3. The Labute approximate surface area is 219 Å². The van der Waals surface area contributed by atoms with Crippen LogP contribution in [0.2, 0.25) is 5.02 Å². The summed E-state index contributed by atoms with van der Waals surface area (Å²) in [5.74, 6) is -2.02. The Balaban J connectivity index is 1.61. The van der Waals surface area contributed by atoms with Crippen LogP contribution in [0.1, 0.15) is 30.5 Å². The number of hydrogen-bond acceptors (Lipinski definition) is 5. The van der Waals surface area contributed by atoms with Crippen LogP contribution in [0.5, 0.6) is 0 Å². The number of nitrogens with zero attached hydrogens (tertiary/aromatic N) is 3. The maximum Gasteiger partial charge on any atom is 0.325 e. The first-order valence-electron chi connectivity index (χ1n) is 11.8. The van der Waals surface area contributed by atoms with Crippen molar-refractivity contribution in [2.45, 2.75) is 31.8 Å². The number of hydrogen-bond donors (Lipinski definition) is 2. The van der Waals surface area contributed by atoms with E-state index in [1.165, 1.54) is 36.3 Å². The highest BCUT2D eigenvalue weighted by Gasteiger charge is 2.55. The predicted octanol–water partition coefficient (Wildman–Crippen LogP) is 4.35. The van der Waals surface area contributed by atoms with Gasteiger partial charge in [0, 0.05) is 24.0 Å². The van der Waals surface area contributed by atoms with Crippen molar-refractivity contribution in [1.29, 1.82) is 0 Å². The Bertz CT molecular complexity index is 1340. The lowest BCUT2D eigenvalue weighted by atomic mass is 9.81. The van der Waals surface area contributed by atoms with Crippen molar-refractivity contribution in [1.82, 2.24) is 15.2 Å². The Morgan fingerprint density at radius 3 is 2.62 bits per heavy atom. The Hall–Kier alpha value is -3.98. The normalized spacial score (nSPS) is 17.6. The van der Waals surface area contributed by atoms with E-state index in [0.717, 1.165) is 10.5 Å². The van der Waals surface area contributed by atoms with Crippen LogP contribution in [0.25, 0.3) is 0 Å². The molecule has 0 spiro atoms. The van der Waals surface area contributed by atoms with Crippen LogP contribution < -0.4 is 16.0 Å². The number of nitrogens with one attached hydrogen (secondary N) is 1. The number of urea groups is 1. The Morgan fingerprint density at radius 2 is 1.95 bits per heavy atom. The number of amides is 4. The van der Waals surface area contributed by atoms with E-state index in [1.807, 2.05) is 13.0 Å². The van der Waals surface area contributed by atoms with Gasteiger partial charge in [-0.15, -0.1) is 0 Å². The number of benzene rings is 2. The Morgan fingerprint density at radius 1 is 1.19 bits per heavy atom. The molecule has 4 rings (SSSR count). The molecule has 1 aliphatic rings. The van der Waals surface area contributed by atoms with E-state index in [2.05, 4.69) is 10.3 Å². The molecule has 4 amide bonds. The van der Waals surface area contributed by atoms with Crippen LogP contribution in [0.15, 0.2) is 66.9 Å². The third-order valence-electron chi connectivity index (χ3n) is 6.47. The molecule has 0 saturated carbocycles. The number of pyridine rings is 1. The van der Waals surface area contributed by atoms with E-state index >= 15 is 0 Å². The van der Waals surface area contributed by atoms with Gasteiger partial charge in [-0.05, 0) is 66.4 Å². The van der Waals surface area contributed by atoms with E-state index in [9.17, 15) is 18.8 Å². The van der Waals surface area contributed by atoms with Gasteiger partial charge in [-0.2, -0.15) is 0 Å². The number of carbonyl (C=O) groups excluding carboxylic acids is 3. The van der Waals surface area contributed by atoms with Gasteiger partial charge < -0.3 is 16.0 Å². The molecule has 2 heterocycles. The van der Waals surface area contributed by atoms with Crippen LogP contribution in [-0.2, 0) is 16.0 Å². The number of likely N-dealkylation sites (tertiary alicyclic amines) is 1. The summed E-state index contributed by atoms with van der Waals surface area (Å²) in [5.41, 5.74) is 7.58. The van der Waals surface area contributed by atoms with Crippen LogP contribution >= 0.6 is 11.6 Å². The minimum absolute atomic E-state index is 0.189. The Kier molecular flexibility index (Phi) is 7.73. The molecule has 2 aromatic carbocycles. The number of imide groups is 1. The second-order valence-corrected chi connectivity index (χ2v) is 9.33. The molecular weight excluding hydrogens is 497 g/mol. The van der Waals surface area contributed by atoms with Gasteiger partial charge in [0.05, 0.1) is 12.0 Å². The zero-order valence-electron chi connectivity index (χ0n) is 20.4. The first-order chi connectivity index (χ1) is 17.7. The molecule has 3 atom stereocenters. The van der Waals surface area contributed by atoms with Crippen LogP contribution in [-0.4, -0.2) is 40.8 Å². The van der Waals surface area contributed by atoms with Crippen molar-refractivity contribution >= 4 is 41.0 Å². The molecule has 8 nitrogen and oxygen atoms in total. The molecule has 1 aromatic heterocycles. The average molecular weight is 524 g/mol. The highest BCUT2D eigenvalue weighted by Crippen LogP contribution is 2.33. The zero-order chi connectivity index (χ0) is 26.7. The summed E-state index contributed by atoms with van der Waals surface area (Å²) in [6.45, 7) is 1.89. The highest BCUT2D eigenvalue weighted by atomic mass is 35.5. The second-order valence-electron chi connectivity index (χ2n) is 8.90. The fourth-order valence-corrected chi connectivity index (χ4v) is 4.70. The number of likely N-dealkylation sites (N-methyl/N-ethyl adjacent to an activating group) is 1. The second kappa shape index (κ2) is 11.0. The number of aromatic nitrogens is 1. The summed E-state index contributed by atoms with van der Waals surface area (Å²) in [7, 11) is 1.48. The molecule has 0 aliphatic carbocycles. The summed E-state index contributed by atoms with van der Waals surface area (Å²) < 4.78 is 13.8. The van der Waals surface area contributed by atoms with Crippen molar-refractivity contribution < 1.29 is 18.8 Å². The molecule has 0 radical (unpaired) electrons. The smallest absolute Gasteiger partial charge is 0.325 e. The van der Waals surface area contributed by atoms with E-state index in [4.69, 9.17) is 17.3 Å². The quantitative estimate of drug-likeness (QED) is 0.447. The lowest BCUT2D eigenvalue weighted by Gasteiger charge is -2.46. The summed E-state index contributed by atoms with van der Waals surface area (Å²) >= 11 is 6.12. The maximum absolute atomic E-state index is 13.8. The molecule has 0 unspecified atom stereocenters. The first-order valence-corrected chi connectivity index (χ1v) is 12.2. The predicted molar refractivity (Wildman–Crippen MR) is 139 cm³/mol. The van der Waals surface area contributed by atoms with Crippen molar-refractivity contribution in [2.24, 2.45) is 5.92 Å². The number of anilines is 2. The fraction of sp³-hybridized carbons (Fsp3) is 0.259. The average Bonchev–Trinajstić information content (AvgIpc) is 2.87. The summed E-state index contributed by atoms with van der Waals surface area (Å²) in [6, 6.07) is 13.8. The summed E-state index contributed by atoms with van der Waals surface area (Å²) in [4.78, 5) is 46.4. The van der Waals surface area contributed by atoms with Crippen LogP contribution in [0.3, 0.4) is 0 Å². The SMILES string of the molecule is CC[C@@H](NC(=O)N1C(=O)[C@H](Cc2ccnc(N)c2)[C@H]1C(=O)N(C)c1cccc(F)c1)c1cccc(Cl)c1. The lowest BCUT2D eigenvalue weighted by Crippen LogP contribution is -2.70. The number of rotatable bonds is 7. The first kappa shape index (κ1) is 26.1. The summed E-state index contributed by atoms with van der Waals surface area (Å²) in [5, 5.41) is 3.38. The molecule has 3 aromatic rings. The number of β-lactam (4-membered cyclic amide) rings is 1. The molecule has 0 bridgehead atoms. The van der Waals surface area contributed by atoms with Gasteiger partial charge in [0.2, 0.25) is 5.91 Å². The number of nitrogens with two attached hydrogens (primary N) is 1. The number of halogens is 2. The monoisotopic (exact) mass is 523 g/mol. The van der Waals surface area contributed by atoms with Crippen LogP contribution in [0.4, 0.5) is 20.7 Å². The topological polar surface area (TPSA) is 109 Å². The number of carbonyl (C=O) groups is 3. The van der Waals surface area contributed by atoms with Gasteiger partial charge in [-0.1, -0.05) is 36.7 Å². The van der Waals surface area contributed by atoms with Gasteiger partial charge in [0.1, 0.15) is 17.7 Å². The molecule has 1 aliphatic heterocycles. The van der Waals surface area contributed by atoms with Crippen molar-refractivity contribution in [3.63, 3.8) is 0 Å². The fourth-order valence-electron chi connectivity index (χ4n) is 4.51. The maximum atomic E-state index is 13.8. The molecule has 10 heteroatoms. The van der Waals surface area contributed by atoms with Crippen LogP contribution in [0, 0.1) is 11.7 Å².